The van der Waals surface area contributed by atoms with Crippen LogP contribution in [0.1, 0.15) is 52.1 Å². The fourth-order valence-corrected chi connectivity index (χ4v) is 5.10. The highest BCUT2D eigenvalue weighted by atomic mass is 35.5. The summed E-state index contributed by atoms with van der Waals surface area (Å²) in [6, 6.07) is 23.8. The predicted molar refractivity (Wildman–Crippen MR) is 148 cm³/mol. The number of aliphatic imine (C=N–C) groups is 1. The van der Waals surface area contributed by atoms with E-state index < -0.39 is 12.0 Å². The molecule has 1 amide bonds. The first kappa shape index (κ1) is 24.6. The van der Waals surface area contributed by atoms with Gasteiger partial charge in [0.25, 0.3) is 5.91 Å². The topological polar surface area (TPSA) is 125 Å². The van der Waals surface area contributed by atoms with Gasteiger partial charge in [-0.3, -0.25) is 19.1 Å². The smallest absolute Gasteiger partial charge is 0.303 e. The Hall–Kier alpha value is -4.76. The monoisotopic (exact) mass is 538 g/mol. The number of rotatable bonds is 7. The molecular weight excluding hydrogens is 516 g/mol. The summed E-state index contributed by atoms with van der Waals surface area (Å²) in [4.78, 5) is 32.8. The number of benzene rings is 3. The zero-order valence-electron chi connectivity index (χ0n) is 20.6. The number of aliphatic carboxylic acids is 1. The number of nitrogens with zero attached hydrogens (tertiary/aromatic N) is 4. The maximum atomic E-state index is 13.3. The molecule has 0 saturated carbocycles. The van der Waals surface area contributed by atoms with Crippen LogP contribution in [-0.2, 0) is 11.3 Å². The lowest BCUT2D eigenvalue weighted by atomic mass is 10.00. The number of carbonyl (C=O) groups is 2. The number of halogens is 1. The Balaban J connectivity index is 1.41. The molecule has 0 aliphatic carbocycles. The van der Waals surface area contributed by atoms with Crippen LogP contribution >= 0.6 is 11.6 Å². The summed E-state index contributed by atoms with van der Waals surface area (Å²) in [5.74, 6) is -0.340. The van der Waals surface area contributed by atoms with E-state index in [1.165, 1.54) is 0 Å². The molecule has 2 aromatic heterocycles. The van der Waals surface area contributed by atoms with Crippen molar-refractivity contribution in [1.82, 2.24) is 25.1 Å². The molecular formula is C29H23ClN6O3. The first-order valence-corrected chi connectivity index (χ1v) is 12.8. The van der Waals surface area contributed by atoms with E-state index in [0.717, 1.165) is 33.4 Å². The van der Waals surface area contributed by atoms with Gasteiger partial charge in [0.1, 0.15) is 12.2 Å². The Morgan fingerprint density at radius 2 is 1.74 bits per heavy atom. The summed E-state index contributed by atoms with van der Waals surface area (Å²) in [6.45, 7) is 0.226. The van der Waals surface area contributed by atoms with Crippen LogP contribution in [0.2, 0.25) is 5.02 Å². The largest absolute Gasteiger partial charge is 0.481 e. The number of hydrogen-bond acceptors (Lipinski definition) is 5. The van der Waals surface area contributed by atoms with Crippen molar-refractivity contribution in [2.45, 2.75) is 25.4 Å². The van der Waals surface area contributed by atoms with Gasteiger partial charge in [-0.05, 0) is 30.7 Å². The molecule has 9 nitrogen and oxygen atoms in total. The van der Waals surface area contributed by atoms with E-state index in [2.05, 4.69) is 20.5 Å². The molecule has 194 valence electrons. The molecule has 0 spiro atoms. The summed E-state index contributed by atoms with van der Waals surface area (Å²) >= 11 is 6.54. The van der Waals surface area contributed by atoms with Gasteiger partial charge >= 0.3 is 5.97 Å². The molecule has 6 rings (SSSR count). The van der Waals surface area contributed by atoms with Gasteiger partial charge < -0.3 is 15.4 Å². The third kappa shape index (κ3) is 4.68. The molecule has 3 aromatic carbocycles. The summed E-state index contributed by atoms with van der Waals surface area (Å²) in [5, 5.41) is 22.7. The Labute approximate surface area is 228 Å². The zero-order valence-corrected chi connectivity index (χ0v) is 21.4. The van der Waals surface area contributed by atoms with Gasteiger partial charge in [0, 0.05) is 33.5 Å². The average Bonchev–Trinajstić information content (AvgIpc) is 3.53. The quantitative estimate of drug-likeness (QED) is 0.266. The van der Waals surface area contributed by atoms with Gasteiger partial charge in [-0.15, -0.1) is 10.2 Å². The molecule has 10 heteroatoms. The molecule has 1 atom stereocenters. The van der Waals surface area contributed by atoms with Crippen molar-refractivity contribution < 1.29 is 14.7 Å². The third-order valence-electron chi connectivity index (χ3n) is 6.70. The van der Waals surface area contributed by atoms with Crippen molar-refractivity contribution in [3.05, 3.63) is 112 Å². The van der Waals surface area contributed by atoms with Gasteiger partial charge in [-0.25, -0.2) is 0 Å². The van der Waals surface area contributed by atoms with Crippen LogP contribution in [0.3, 0.4) is 0 Å². The van der Waals surface area contributed by atoms with Crippen molar-refractivity contribution >= 4 is 40.1 Å². The lowest BCUT2D eigenvalue weighted by Crippen LogP contribution is -2.31. The van der Waals surface area contributed by atoms with E-state index in [-0.39, 0.29) is 25.3 Å². The maximum Gasteiger partial charge on any atom is 0.303 e. The van der Waals surface area contributed by atoms with Crippen LogP contribution in [0.25, 0.3) is 16.6 Å². The molecule has 0 saturated heterocycles. The number of H-pyrrole nitrogens is 1. The van der Waals surface area contributed by atoms with Gasteiger partial charge in [0.05, 0.1) is 17.4 Å². The second-order valence-electron chi connectivity index (χ2n) is 9.20. The molecule has 3 heterocycles. The molecule has 5 aromatic rings. The first-order chi connectivity index (χ1) is 19.0. The van der Waals surface area contributed by atoms with Crippen LogP contribution in [0.4, 0.5) is 0 Å². The maximum absolute atomic E-state index is 13.3. The minimum atomic E-state index is -0.972. The lowest BCUT2D eigenvalue weighted by Gasteiger charge is -2.20. The number of carboxylic acids is 1. The second kappa shape index (κ2) is 10.2. The second-order valence-corrected chi connectivity index (χ2v) is 9.61. The fourth-order valence-electron chi connectivity index (χ4n) is 4.87. The number of aromatic nitrogens is 4. The zero-order chi connectivity index (χ0) is 26.9. The molecule has 1 aliphatic heterocycles. The SMILES string of the molecule is O=C(O)CCC(NC(=O)c1cc2ccccc2[nH]1)c1nnc2n1-c1ccccc1C(c1ccccc1Cl)=NC2. The first-order valence-electron chi connectivity index (χ1n) is 12.4. The highest BCUT2D eigenvalue weighted by Crippen LogP contribution is 2.31. The number of carbonyl (C=O) groups excluding carboxylic acids is 1. The molecule has 39 heavy (non-hydrogen) atoms. The van der Waals surface area contributed by atoms with Crippen molar-refractivity contribution in [2.24, 2.45) is 4.99 Å². The Morgan fingerprint density at radius 3 is 2.54 bits per heavy atom. The molecule has 0 radical (unpaired) electrons. The highest BCUT2D eigenvalue weighted by molar-refractivity contribution is 6.35. The normalized spacial score (nSPS) is 13.2. The van der Waals surface area contributed by atoms with Gasteiger partial charge in [0.2, 0.25) is 0 Å². The molecule has 0 fully saturated rings. The minimum Gasteiger partial charge on any atom is -0.481 e. The molecule has 1 unspecified atom stereocenters. The van der Waals surface area contributed by atoms with Crippen molar-refractivity contribution in [2.75, 3.05) is 0 Å². The van der Waals surface area contributed by atoms with Crippen molar-refractivity contribution in [3.8, 4) is 5.69 Å². The molecule has 0 bridgehead atoms. The number of nitrogens with one attached hydrogen (secondary N) is 2. The number of fused-ring (bicyclic) bond motifs is 4. The standard InChI is InChI=1S/C29H23ClN6O3/c30-20-10-4-2-8-18(20)27-19-9-3-6-12-24(19)36-25(16-31-27)34-35-28(36)22(13-14-26(37)38)33-29(39)23-15-17-7-1-5-11-21(17)32-23/h1-12,15,22,32H,13-14,16H2,(H,33,39)(H,37,38). The number of carboxylic acid groups (broad SMARTS) is 1. The van der Waals surface area contributed by atoms with Crippen LogP contribution in [0, 0.1) is 0 Å². The van der Waals surface area contributed by atoms with Crippen molar-refractivity contribution in [1.29, 1.82) is 0 Å². The van der Waals surface area contributed by atoms with E-state index >= 15 is 0 Å². The minimum absolute atomic E-state index is 0.125. The van der Waals surface area contributed by atoms with Gasteiger partial charge in [-0.1, -0.05) is 66.2 Å². The number of amides is 1. The van der Waals surface area contributed by atoms with Crippen LogP contribution < -0.4 is 5.32 Å². The van der Waals surface area contributed by atoms with E-state index in [4.69, 9.17) is 16.6 Å². The lowest BCUT2D eigenvalue weighted by molar-refractivity contribution is -0.137. The highest BCUT2D eigenvalue weighted by Gasteiger charge is 2.29. The molecule has 3 N–H and O–H groups in total. The van der Waals surface area contributed by atoms with Crippen LogP contribution in [-0.4, -0.2) is 42.4 Å². The van der Waals surface area contributed by atoms with E-state index in [9.17, 15) is 14.7 Å². The van der Waals surface area contributed by atoms with E-state index in [1.807, 2.05) is 77.4 Å². The summed E-state index contributed by atoms with van der Waals surface area (Å²) < 4.78 is 1.86. The van der Waals surface area contributed by atoms with Gasteiger partial charge in [-0.2, -0.15) is 0 Å². The van der Waals surface area contributed by atoms with Crippen LogP contribution in [0.15, 0.2) is 83.9 Å². The molecule has 1 aliphatic rings. The van der Waals surface area contributed by atoms with Crippen molar-refractivity contribution in [3.63, 3.8) is 0 Å². The third-order valence-corrected chi connectivity index (χ3v) is 7.03. The summed E-state index contributed by atoms with van der Waals surface area (Å²) in [7, 11) is 0. The Bertz CT molecular complexity index is 1720. The summed E-state index contributed by atoms with van der Waals surface area (Å²) in [5.41, 5.74) is 4.31. The van der Waals surface area contributed by atoms with E-state index in [0.29, 0.717) is 22.4 Å². The fraction of sp³-hybridized carbons (Fsp3) is 0.138. The Kier molecular flexibility index (Phi) is 6.42. The number of aromatic amines is 1. The predicted octanol–water partition coefficient (Wildman–Crippen LogP) is 5.09. The summed E-state index contributed by atoms with van der Waals surface area (Å²) in [6.07, 6.45) is -0.0390. The number of hydrogen-bond donors (Lipinski definition) is 3. The number of para-hydroxylation sites is 2. The van der Waals surface area contributed by atoms with E-state index in [1.54, 1.807) is 6.07 Å². The van der Waals surface area contributed by atoms with Crippen LogP contribution in [0.5, 0.6) is 0 Å². The van der Waals surface area contributed by atoms with Gasteiger partial charge in [0.15, 0.2) is 11.6 Å². The Morgan fingerprint density at radius 1 is 1.00 bits per heavy atom. The average molecular weight is 539 g/mol.